The van der Waals surface area contributed by atoms with Crippen molar-refractivity contribution in [3.63, 3.8) is 0 Å². The number of hydrogen-bond acceptors (Lipinski definition) is 4. The number of likely N-dealkylation sites (N-methyl/N-ethyl adjacent to an activating group) is 2. The predicted octanol–water partition coefficient (Wildman–Crippen LogP) is 1.29. The van der Waals surface area contributed by atoms with Crippen LogP contribution in [0.15, 0.2) is 18.2 Å². The van der Waals surface area contributed by atoms with Gasteiger partial charge in [0.25, 0.3) is 0 Å². The predicted molar refractivity (Wildman–Crippen MR) is 82.9 cm³/mol. The van der Waals surface area contributed by atoms with Crippen LogP contribution in [0, 0.1) is 0 Å². The molecule has 0 aliphatic carbocycles. The lowest BCUT2D eigenvalue weighted by Crippen LogP contribution is -2.39. The second kappa shape index (κ2) is 6.13. The van der Waals surface area contributed by atoms with Crippen LogP contribution in [0.2, 0.25) is 0 Å². The Morgan fingerprint density at radius 3 is 2.90 bits per heavy atom. The average molecular weight is 276 g/mol. The van der Waals surface area contributed by atoms with Gasteiger partial charge in [0, 0.05) is 25.2 Å². The SMILES string of the molecule is CCN1CCCC1CN(C)c1cc(C(N)=O)ccc1N. The summed E-state index contributed by atoms with van der Waals surface area (Å²) in [6.07, 6.45) is 2.47. The third kappa shape index (κ3) is 3.04. The molecule has 1 saturated heterocycles. The summed E-state index contributed by atoms with van der Waals surface area (Å²) in [6, 6.07) is 5.76. The second-order valence-corrected chi connectivity index (χ2v) is 5.44. The van der Waals surface area contributed by atoms with Crippen LogP contribution in [0.3, 0.4) is 0 Å². The number of nitrogens with zero attached hydrogens (tertiary/aromatic N) is 2. The number of carbonyl (C=O) groups excluding carboxylic acids is 1. The topological polar surface area (TPSA) is 75.6 Å². The molecule has 4 N–H and O–H groups in total. The van der Waals surface area contributed by atoms with Crippen molar-refractivity contribution in [3.8, 4) is 0 Å². The summed E-state index contributed by atoms with van der Waals surface area (Å²) in [4.78, 5) is 15.9. The Bertz CT molecular complexity index is 489. The van der Waals surface area contributed by atoms with Gasteiger partial charge in [-0.1, -0.05) is 6.92 Å². The summed E-state index contributed by atoms with van der Waals surface area (Å²) in [5, 5.41) is 0. The lowest BCUT2D eigenvalue weighted by atomic mass is 10.1. The molecule has 0 saturated carbocycles. The van der Waals surface area contributed by atoms with Gasteiger partial charge in [-0.05, 0) is 44.1 Å². The zero-order chi connectivity index (χ0) is 14.7. The molecule has 20 heavy (non-hydrogen) atoms. The van der Waals surface area contributed by atoms with Crippen molar-refractivity contribution in [3.05, 3.63) is 23.8 Å². The molecule has 1 unspecified atom stereocenters. The Morgan fingerprint density at radius 1 is 1.50 bits per heavy atom. The lowest BCUT2D eigenvalue weighted by Gasteiger charge is -2.29. The summed E-state index contributed by atoms with van der Waals surface area (Å²) < 4.78 is 0. The van der Waals surface area contributed by atoms with E-state index in [2.05, 4.69) is 16.7 Å². The number of nitrogen functional groups attached to an aromatic ring is 1. The summed E-state index contributed by atoms with van der Waals surface area (Å²) in [7, 11) is 2.02. The van der Waals surface area contributed by atoms with Crippen molar-refractivity contribution in [2.24, 2.45) is 5.73 Å². The summed E-state index contributed by atoms with van der Waals surface area (Å²) in [6.45, 7) is 5.36. The van der Waals surface area contributed by atoms with Gasteiger partial charge < -0.3 is 16.4 Å². The Balaban J connectivity index is 2.14. The highest BCUT2D eigenvalue weighted by molar-refractivity contribution is 5.95. The molecule has 5 heteroatoms. The van der Waals surface area contributed by atoms with E-state index in [0.717, 1.165) is 18.8 Å². The number of hydrogen-bond donors (Lipinski definition) is 2. The van der Waals surface area contributed by atoms with E-state index in [-0.39, 0.29) is 0 Å². The molecule has 1 fully saturated rings. The van der Waals surface area contributed by atoms with Crippen LogP contribution in [0.5, 0.6) is 0 Å². The van der Waals surface area contributed by atoms with Gasteiger partial charge in [0.05, 0.1) is 11.4 Å². The minimum atomic E-state index is -0.421. The van der Waals surface area contributed by atoms with Gasteiger partial charge in [0.2, 0.25) is 5.91 Å². The van der Waals surface area contributed by atoms with E-state index in [1.807, 2.05) is 7.05 Å². The molecule has 1 heterocycles. The lowest BCUT2D eigenvalue weighted by molar-refractivity contribution is 0.100. The smallest absolute Gasteiger partial charge is 0.248 e. The zero-order valence-corrected chi connectivity index (χ0v) is 12.3. The molecule has 5 nitrogen and oxygen atoms in total. The maximum atomic E-state index is 11.3. The van der Waals surface area contributed by atoms with E-state index in [9.17, 15) is 4.79 Å². The fourth-order valence-corrected chi connectivity index (χ4v) is 2.96. The van der Waals surface area contributed by atoms with Crippen LogP contribution in [-0.2, 0) is 0 Å². The van der Waals surface area contributed by atoms with E-state index in [0.29, 0.717) is 17.3 Å². The van der Waals surface area contributed by atoms with Gasteiger partial charge >= 0.3 is 0 Å². The summed E-state index contributed by atoms with van der Waals surface area (Å²) in [5.74, 6) is -0.421. The normalized spacial score (nSPS) is 19.2. The van der Waals surface area contributed by atoms with Gasteiger partial charge in [0.1, 0.15) is 0 Å². The summed E-state index contributed by atoms with van der Waals surface area (Å²) in [5.41, 5.74) is 13.4. The number of carbonyl (C=O) groups is 1. The first-order valence-corrected chi connectivity index (χ1v) is 7.17. The molecule has 2 rings (SSSR count). The highest BCUT2D eigenvalue weighted by atomic mass is 16.1. The Hall–Kier alpha value is -1.75. The summed E-state index contributed by atoms with van der Waals surface area (Å²) >= 11 is 0. The highest BCUT2D eigenvalue weighted by Crippen LogP contribution is 2.26. The molecule has 0 aromatic heterocycles. The molecule has 1 aliphatic heterocycles. The van der Waals surface area contributed by atoms with Crippen LogP contribution in [0.25, 0.3) is 0 Å². The number of nitrogens with two attached hydrogens (primary N) is 2. The number of anilines is 2. The van der Waals surface area contributed by atoms with Crippen LogP contribution in [-0.4, -0.2) is 43.5 Å². The number of amides is 1. The molecule has 0 spiro atoms. The van der Waals surface area contributed by atoms with E-state index in [1.165, 1.54) is 19.4 Å². The van der Waals surface area contributed by atoms with Crippen molar-refractivity contribution in [1.29, 1.82) is 0 Å². The van der Waals surface area contributed by atoms with Gasteiger partial charge in [-0.15, -0.1) is 0 Å². The van der Waals surface area contributed by atoms with Gasteiger partial charge in [-0.25, -0.2) is 0 Å². The first-order valence-electron chi connectivity index (χ1n) is 7.17. The number of benzene rings is 1. The minimum absolute atomic E-state index is 0.421. The van der Waals surface area contributed by atoms with Crippen LogP contribution < -0.4 is 16.4 Å². The molecule has 1 amide bonds. The van der Waals surface area contributed by atoms with E-state index >= 15 is 0 Å². The molecule has 1 aromatic rings. The first-order chi connectivity index (χ1) is 9.52. The van der Waals surface area contributed by atoms with Crippen LogP contribution >= 0.6 is 0 Å². The van der Waals surface area contributed by atoms with E-state index < -0.39 is 5.91 Å². The van der Waals surface area contributed by atoms with Crippen LogP contribution in [0.4, 0.5) is 11.4 Å². The second-order valence-electron chi connectivity index (χ2n) is 5.44. The molecular weight excluding hydrogens is 252 g/mol. The van der Waals surface area contributed by atoms with Gasteiger partial charge in [-0.3, -0.25) is 9.69 Å². The quantitative estimate of drug-likeness (QED) is 0.795. The van der Waals surface area contributed by atoms with Crippen molar-refractivity contribution < 1.29 is 4.79 Å². The maximum absolute atomic E-state index is 11.3. The van der Waals surface area contributed by atoms with Crippen LogP contribution in [0.1, 0.15) is 30.1 Å². The minimum Gasteiger partial charge on any atom is -0.397 e. The fraction of sp³-hybridized carbons (Fsp3) is 0.533. The molecule has 110 valence electrons. The monoisotopic (exact) mass is 276 g/mol. The Labute approximate surface area is 120 Å². The van der Waals surface area contributed by atoms with E-state index in [4.69, 9.17) is 11.5 Å². The molecule has 1 aromatic carbocycles. The standard InChI is InChI=1S/C15H24N4O/c1-3-19-8-4-5-12(19)10-18(2)14-9-11(15(17)20)6-7-13(14)16/h6-7,9,12H,3-5,8,10,16H2,1-2H3,(H2,17,20). The average Bonchev–Trinajstić information content (AvgIpc) is 2.86. The van der Waals surface area contributed by atoms with Gasteiger partial charge in [-0.2, -0.15) is 0 Å². The molecule has 0 bridgehead atoms. The zero-order valence-electron chi connectivity index (χ0n) is 12.3. The largest absolute Gasteiger partial charge is 0.397 e. The number of primary amides is 1. The Morgan fingerprint density at radius 2 is 2.25 bits per heavy atom. The number of likely N-dealkylation sites (tertiary alicyclic amines) is 1. The highest BCUT2D eigenvalue weighted by Gasteiger charge is 2.24. The molecule has 1 aliphatic rings. The van der Waals surface area contributed by atoms with Crippen molar-refractivity contribution in [1.82, 2.24) is 4.90 Å². The third-order valence-corrected chi connectivity index (χ3v) is 4.12. The van der Waals surface area contributed by atoms with E-state index in [1.54, 1.807) is 18.2 Å². The molecular formula is C15H24N4O. The van der Waals surface area contributed by atoms with Crippen molar-refractivity contribution in [2.45, 2.75) is 25.8 Å². The third-order valence-electron chi connectivity index (χ3n) is 4.12. The molecule has 1 atom stereocenters. The molecule has 0 radical (unpaired) electrons. The maximum Gasteiger partial charge on any atom is 0.248 e. The first kappa shape index (κ1) is 14.7. The van der Waals surface area contributed by atoms with Gasteiger partial charge in [0.15, 0.2) is 0 Å². The van der Waals surface area contributed by atoms with Crippen molar-refractivity contribution >= 4 is 17.3 Å². The Kier molecular flexibility index (Phi) is 4.49. The fourth-order valence-electron chi connectivity index (χ4n) is 2.96. The number of rotatable bonds is 5. The van der Waals surface area contributed by atoms with Crippen molar-refractivity contribution in [2.75, 3.05) is 37.3 Å².